The molecule has 0 heterocycles. The van der Waals surface area contributed by atoms with Crippen LogP contribution in [0.3, 0.4) is 0 Å². The van der Waals surface area contributed by atoms with Crippen molar-refractivity contribution in [3.05, 3.63) is 87.0 Å². The molecule has 0 radical (unpaired) electrons. The number of fused-ring (bicyclic) bond motifs is 3. The fourth-order valence-electron chi connectivity index (χ4n) is 4.57. The number of halogens is 1. The molecule has 0 N–H and O–H groups in total. The topological polar surface area (TPSA) is 0 Å². The zero-order valence-corrected chi connectivity index (χ0v) is 17.3. The number of hydrogen-bond acceptors (Lipinski definition) is 0. The molecule has 26 heavy (non-hydrogen) atoms. The van der Waals surface area contributed by atoms with E-state index in [1.165, 1.54) is 55.0 Å². The molecule has 0 atom stereocenters. The van der Waals surface area contributed by atoms with Crippen molar-refractivity contribution < 1.29 is 0 Å². The standard InChI is InChI=1S/C25H21I/c1-25(2)23-6-4-3-5-21(23)22-12-10-19(15-24(22)25)16-7-8-18-14-20(26)11-9-17(18)13-16/h4,6-15H,3,5H2,1-2H3. The summed E-state index contributed by atoms with van der Waals surface area (Å²) in [7, 11) is 0. The first kappa shape index (κ1) is 16.3. The van der Waals surface area contributed by atoms with Crippen molar-refractivity contribution in [2.45, 2.75) is 32.1 Å². The van der Waals surface area contributed by atoms with E-state index in [-0.39, 0.29) is 5.41 Å². The van der Waals surface area contributed by atoms with Crippen molar-refractivity contribution in [3.8, 4) is 11.1 Å². The molecular weight excluding hydrogens is 427 g/mol. The minimum Gasteiger partial charge on any atom is -0.0839 e. The monoisotopic (exact) mass is 448 g/mol. The van der Waals surface area contributed by atoms with Gasteiger partial charge in [0, 0.05) is 8.99 Å². The molecule has 0 nitrogen and oxygen atoms in total. The van der Waals surface area contributed by atoms with Gasteiger partial charge in [-0.15, -0.1) is 0 Å². The van der Waals surface area contributed by atoms with Crippen LogP contribution in [0.4, 0.5) is 0 Å². The predicted molar refractivity (Wildman–Crippen MR) is 120 cm³/mol. The van der Waals surface area contributed by atoms with Crippen LogP contribution in [-0.4, -0.2) is 0 Å². The van der Waals surface area contributed by atoms with Crippen LogP contribution in [0.5, 0.6) is 0 Å². The molecule has 5 rings (SSSR count). The van der Waals surface area contributed by atoms with Crippen LogP contribution in [0.15, 0.2) is 72.3 Å². The van der Waals surface area contributed by atoms with Crippen molar-refractivity contribution in [3.63, 3.8) is 0 Å². The Labute approximate surface area is 168 Å². The largest absolute Gasteiger partial charge is 0.0839 e. The Morgan fingerprint density at radius 2 is 1.58 bits per heavy atom. The molecule has 128 valence electrons. The Kier molecular flexibility index (Phi) is 3.65. The third kappa shape index (κ3) is 2.40. The first-order chi connectivity index (χ1) is 12.5. The van der Waals surface area contributed by atoms with Crippen LogP contribution < -0.4 is 0 Å². The second-order valence-corrected chi connectivity index (χ2v) is 9.17. The van der Waals surface area contributed by atoms with Crippen LogP contribution in [-0.2, 0) is 5.41 Å². The molecule has 2 aliphatic carbocycles. The molecule has 0 unspecified atom stereocenters. The van der Waals surface area contributed by atoms with Crippen molar-refractivity contribution >= 4 is 38.9 Å². The van der Waals surface area contributed by atoms with Gasteiger partial charge in [-0.25, -0.2) is 0 Å². The average molecular weight is 448 g/mol. The van der Waals surface area contributed by atoms with Crippen LogP contribution in [0.1, 0.15) is 37.8 Å². The maximum Gasteiger partial charge on any atom is 0.0155 e. The Morgan fingerprint density at radius 3 is 2.46 bits per heavy atom. The quantitative estimate of drug-likeness (QED) is 0.338. The number of rotatable bonds is 1. The lowest BCUT2D eigenvalue weighted by Gasteiger charge is -2.24. The summed E-state index contributed by atoms with van der Waals surface area (Å²) in [6, 6.07) is 20.6. The minimum absolute atomic E-state index is 0.102. The first-order valence-electron chi connectivity index (χ1n) is 9.29. The highest BCUT2D eigenvalue weighted by molar-refractivity contribution is 14.1. The van der Waals surface area contributed by atoms with Gasteiger partial charge in [-0.05, 0) is 104 Å². The van der Waals surface area contributed by atoms with Gasteiger partial charge in [0.1, 0.15) is 0 Å². The maximum absolute atomic E-state index is 2.43. The SMILES string of the molecule is CC1(C)C2=C(CCC=C2)c2ccc(-c3ccc4cc(I)ccc4c3)cc21. The highest BCUT2D eigenvalue weighted by Gasteiger charge is 2.37. The van der Waals surface area contributed by atoms with Gasteiger partial charge in [0.25, 0.3) is 0 Å². The molecule has 0 spiro atoms. The van der Waals surface area contributed by atoms with Gasteiger partial charge in [0.05, 0.1) is 0 Å². The molecule has 0 aromatic heterocycles. The Morgan fingerprint density at radius 1 is 0.846 bits per heavy atom. The van der Waals surface area contributed by atoms with Crippen molar-refractivity contribution in [2.75, 3.05) is 0 Å². The molecule has 0 amide bonds. The van der Waals surface area contributed by atoms with Gasteiger partial charge >= 0.3 is 0 Å². The third-order valence-electron chi connectivity index (χ3n) is 6.00. The van der Waals surface area contributed by atoms with E-state index in [2.05, 4.69) is 103 Å². The molecule has 0 saturated heterocycles. The summed E-state index contributed by atoms with van der Waals surface area (Å²) in [5.41, 5.74) is 8.75. The van der Waals surface area contributed by atoms with Gasteiger partial charge in [0.2, 0.25) is 0 Å². The summed E-state index contributed by atoms with van der Waals surface area (Å²) in [5, 5.41) is 2.62. The Hall–Kier alpha value is -1.87. The number of benzene rings is 3. The zero-order valence-electron chi connectivity index (χ0n) is 15.1. The summed E-state index contributed by atoms with van der Waals surface area (Å²) in [5.74, 6) is 0. The lowest BCUT2D eigenvalue weighted by Crippen LogP contribution is -2.16. The molecule has 3 aromatic rings. The van der Waals surface area contributed by atoms with Gasteiger partial charge < -0.3 is 0 Å². The van der Waals surface area contributed by atoms with Crippen LogP contribution >= 0.6 is 22.6 Å². The Balaban J connectivity index is 1.64. The van der Waals surface area contributed by atoms with E-state index in [9.17, 15) is 0 Å². The maximum atomic E-state index is 2.43. The summed E-state index contributed by atoms with van der Waals surface area (Å²) in [4.78, 5) is 0. The fraction of sp³-hybridized carbons (Fsp3) is 0.200. The summed E-state index contributed by atoms with van der Waals surface area (Å²) >= 11 is 2.38. The van der Waals surface area contributed by atoms with Crippen LogP contribution in [0, 0.1) is 3.57 Å². The second kappa shape index (κ2) is 5.82. The minimum atomic E-state index is 0.102. The molecule has 0 saturated carbocycles. The molecule has 3 aromatic carbocycles. The second-order valence-electron chi connectivity index (χ2n) is 7.92. The normalized spacial score (nSPS) is 17.5. The third-order valence-corrected chi connectivity index (χ3v) is 6.67. The molecular formula is C25H21I. The Bertz CT molecular complexity index is 1110. The van der Waals surface area contributed by atoms with Crippen molar-refractivity contribution in [1.29, 1.82) is 0 Å². The average Bonchev–Trinajstić information content (AvgIpc) is 2.89. The highest BCUT2D eigenvalue weighted by Crippen LogP contribution is 2.50. The van der Waals surface area contributed by atoms with Crippen LogP contribution in [0.25, 0.3) is 27.5 Å². The lowest BCUT2D eigenvalue weighted by atomic mass is 9.79. The van der Waals surface area contributed by atoms with E-state index in [4.69, 9.17) is 0 Å². The lowest BCUT2D eigenvalue weighted by molar-refractivity contribution is 0.651. The summed E-state index contributed by atoms with van der Waals surface area (Å²) < 4.78 is 1.28. The predicted octanol–water partition coefficient (Wildman–Crippen LogP) is 7.51. The number of hydrogen-bond donors (Lipinski definition) is 0. The fourth-order valence-corrected chi connectivity index (χ4v) is 5.09. The summed E-state index contributed by atoms with van der Waals surface area (Å²) in [6.45, 7) is 4.74. The van der Waals surface area contributed by atoms with Crippen LogP contribution in [0.2, 0.25) is 0 Å². The molecule has 2 aliphatic rings. The molecule has 0 fully saturated rings. The summed E-state index contributed by atoms with van der Waals surface area (Å²) in [6.07, 6.45) is 7.03. The van der Waals surface area contributed by atoms with Crippen molar-refractivity contribution in [1.82, 2.24) is 0 Å². The van der Waals surface area contributed by atoms with E-state index in [0.717, 1.165) is 0 Å². The molecule has 1 heteroatoms. The van der Waals surface area contributed by atoms with E-state index in [1.54, 1.807) is 5.57 Å². The van der Waals surface area contributed by atoms with Gasteiger partial charge in [-0.2, -0.15) is 0 Å². The van der Waals surface area contributed by atoms with E-state index in [0.29, 0.717) is 0 Å². The van der Waals surface area contributed by atoms with Gasteiger partial charge in [-0.3, -0.25) is 0 Å². The van der Waals surface area contributed by atoms with Crippen molar-refractivity contribution in [2.24, 2.45) is 0 Å². The molecule has 0 aliphatic heterocycles. The van der Waals surface area contributed by atoms with E-state index >= 15 is 0 Å². The number of allylic oxidation sites excluding steroid dienone is 4. The van der Waals surface area contributed by atoms with Gasteiger partial charge in [-0.1, -0.05) is 56.3 Å². The highest BCUT2D eigenvalue weighted by atomic mass is 127. The smallest absolute Gasteiger partial charge is 0.0155 e. The van der Waals surface area contributed by atoms with Gasteiger partial charge in [0.15, 0.2) is 0 Å². The van der Waals surface area contributed by atoms with E-state index in [1.807, 2.05) is 0 Å². The first-order valence-corrected chi connectivity index (χ1v) is 10.4. The zero-order chi connectivity index (χ0) is 17.9. The van der Waals surface area contributed by atoms with E-state index < -0.39 is 0 Å². The molecule has 0 bridgehead atoms.